The largest absolute Gasteiger partial charge is 0.497 e. The number of sulfonamides is 1. The Balaban J connectivity index is 1.80. The van der Waals surface area contributed by atoms with Gasteiger partial charge in [0.25, 0.3) is 10.0 Å². The van der Waals surface area contributed by atoms with Crippen LogP contribution in [0.25, 0.3) is 0 Å². The van der Waals surface area contributed by atoms with Crippen LogP contribution in [0.1, 0.15) is 30.5 Å². The van der Waals surface area contributed by atoms with Crippen molar-refractivity contribution in [2.75, 3.05) is 18.0 Å². The van der Waals surface area contributed by atoms with Gasteiger partial charge in [-0.05, 0) is 68.3 Å². The first kappa shape index (κ1) is 32.3. The number of amides is 2. The molecule has 0 spiro atoms. The van der Waals surface area contributed by atoms with Gasteiger partial charge in [0, 0.05) is 19.0 Å². The van der Waals surface area contributed by atoms with Gasteiger partial charge in [-0.1, -0.05) is 78.4 Å². The van der Waals surface area contributed by atoms with E-state index in [-0.39, 0.29) is 29.8 Å². The summed E-state index contributed by atoms with van der Waals surface area (Å²) in [6, 6.07) is 30.6. The Morgan fingerprint density at radius 2 is 1.43 bits per heavy atom. The second kappa shape index (κ2) is 14.7. The van der Waals surface area contributed by atoms with Gasteiger partial charge in [0.05, 0.1) is 17.7 Å². The fourth-order valence-electron chi connectivity index (χ4n) is 4.94. The summed E-state index contributed by atoms with van der Waals surface area (Å²) in [4.78, 5) is 29.8. The zero-order valence-electron chi connectivity index (χ0n) is 25.5. The van der Waals surface area contributed by atoms with Crippen LogP contribution in [0.5, 0.6) is 5.75 Å². The number of nitrogens with one attached hydrogen (secondary N) is 1. The van der Waals surface area contributed by atoms with Crippen molar-refractivity contribution in [3.8, 4) is 5.75 Å². The number of benzene rings is 4. The Labute approximate surface area is 260 Å². The van der Waals surface area contributed by atoms with Crippen LogP contribution in [0.15, 0.2) is 114 Å². The maximum absolute atomic E-state index is 14.5. The molecule has 0 heterocycles. The molecule has 0 radical (unpaired) electrons. The zero-order valence-corrected chi connectivity index (χ0v) is 26.3. The van der Waals surface area contributed by atoms with E-state index in [2.05, 4.69) is 5.32 Å². The lowest BCUT2D eigenvalue weighted by molar-refractivity contribution is -0.140. The van der Waals surface area contributed by atoms with Crippen LogP contribution in [0.2, 0.25) is 0 Å². The molecule has 1 N–H and O–H groups in total. The van der Waals surface area contributed by atoms with E-state index in [0.717, 1.165) is 21.0 Å². The van der Waals surface area contributed by atoms with Crippen molar-refractivity contribution in [2.45, 2.75) is 50.7 Å². The highest BCUT2D eigenvalue weighted by Crippen LogP contribution is 2.27. The molecule has 0 fully saturated rings. The lowest BCUT2D eigenvalue weighted by Crippen LogP contribution is -2.54. The van der Waals surface area contributed by atoms with Gasteiger partial charge in [0.15, 0.2) is 0 Å². The molecule has 0 aliphatic carbocycles. The van der Waals surface area contributed by atoms with Crippen molar-refractivity contribution < 1.29 is 22.7 Å². The molecule has 2 amide bonds. The van der Waals surface area contributed by atoms with Crippen LogP contribution in [-0.4, -0.2) is 50.9 Å². The van der Waals surface area contributed by atoms with Crippen LogP contribution in [0, 0.1) is 6.92 Å². The molecule has 0 bridgehead atoms. The van der Waals surface area contributed by atoms with Crippen molar-refractivity contribution in [2.24, 2.45) is 0 Å². The quantitative estimate of drug-likeness (QED) is 0.219. The Morgan fingerprint density at radius 1 is 0.818 bits per heavy atom. The molecule has 8 nitrogen and oxygen atoms in total. The molecule has 9 heteroatoms. The van der Waals surface area contributed by atoms with Gasteiger partial charge < -0.3 is 15.0 Å². The normalized spacial score (nSPS) is 11.9. The summed E-state index contributed by atoms with van der Waals surface area (Å²) in [6.45, 7) is 5.28. The van der Waals surface area contributed by atoms with E-state index in [4.69, 9.17) is 4.74 Å². The molecule has 0 aliphatic rings. The molecule has 4 rings (SSSR count). The van der Waals surface area contributed by atoms with E-state index < -0.39 is 28.5 Å². The fourth-order valence-corrected chi connectivity index (χ4v) is 6.37. The predicted octanol–water partition coefficient (Wildman–Crippen LogP) is 5.36. The van der Waals surface area contributed by atoms with E-state index in [0.29, 0.717) is 11.4 Å². The highest BCUT2D eigenvalue weighted by molar-refractivity contribution is 7.92. The minimum atomic E-state index is -4.16. The third-order valence-electron chi connectivity index (χ3n) is 7.11. The van der Waals surface area contributed by atoms with Gasteiger partial charge in [-0.2, -0.15) is 0 Å². The minimum Gasteiger partial charge on any atom is -0.497 e. The second-order valence-electron chi connectivity index (χ2n) is 10.9. The van der Waals surface area contributed by atoms with Gasteiger partial charge in [-0.3, -0.25) is 13.9 Å². The van der Waals surface area contributed by atoms with Crippen molar-refractivity contribution >= 4 is 27.5 Å². The van der Waals surface area contributed by atoms with Crippen molar-refractivity contribution in [1.82, 2.24) is 10.2 Å². The maximum Gasteiger partial charge on any atom is 0.264 e. The number of rotatable bonds is 13. The molecular weight excluding hydrogens is 574 g/mol. The zero-order chi connectivity index (χ0) is 31.7. The van der Waals surface area contributed by atoms with E-state index in [9.17, 15) is 18.0 Å². The molecule has 4 aromatic rings. The second-order valence-corrected chi connectivity index (χ2v) is 12.8. The first-order chi connectivity index (χ1) is 21.1. The van der Waals surface area contributed by atoms with E-state index >= 15 is 0 Å². The summed E-state index contributed by atoms with van der Waals surface area (Å²) >= 11 is 0. The van der Waals surface area contributed by atoms with Crippen molar-refractivity contribution in [3.05, 3.63) is 126 Å². The van der Waals surface area contributed by atoms with Gasteiger partial charge in [-0.25, -0.2) is 8.42 Å². The molecular formula is C35H39N3O5S. The number of ether oxygens (including phenoxy) is 1. The topological polar surface area (TPSA) is 96.0 Å². The van der Waals surface area contributed by atoms with E-state index in [1.54, 1.807) is 42.5 Å². The molecule has 230 valence electrons. The molecule has 0 aliphatic heterocycles. The summed E-state index contributed by atoms with van der Waals surface area (Å²) < 4.78 is 34.4. The number of aryl methyl sites for hydroxylation is 1. The Hall–Kier alpha value is -4.63. The Bertz CT molecular complexity index is 1640. The number of carbonyl (C=O) groups excluding carboxylic acids is 2. The van der Waals surface area contributed by atoms with Gasteiger partial charge in [0.2, 0.25) is 11.8 Å². The average Bonchev–Trinajstić information content (AvgIpc) is 3.02. The Kier molecular flexibility index (Phi) is 10.8. The molecule has 1 atom stereocenters. The molecule has 1 unspecified atom stereocenters. The number of hydrogen-bond acceptors (Lipinski definition) is 5. The van der Waals surface area contributed by atoms with Crippen LogP contribution in [0.4, 0.5) is 5.69 Å². The van der Waals surface area contributed by atoms with E-state index in [1.807, 2.05) is 75.4 Å². The van der Waals surface area contributed by atoms with Crippen molar-refractivity contribution in [1.29, 1.82) is 0 Å². The standard InChI is InChI=1S/C35H39N3O5S/c1-26(2)36-35(40)33(23-28-13-7-5-8-14-28)37(24-29-15-11-12-27(3)22-29)34(39)25-38(30-18-20-31(43-4)21-19-30)44(41,42)32-16-9-6-10-17-32/h5-22,26,33H,23-25H2,1-4H3,(H,36,40). The summed E-state index contributed by atoms with van der Waals surface area (Å²) in [5.74, 6) is -0.278. The van der Waals surface area contributed by atoms with E-state index in [1.165, 1.54) is 24.1 Å². The SMILES string of the molecule is COc1ccc(N(CC(=O)N(Cc2cccc(C)c2)C(Cc2ccccc2)C(=O)NC(C)C)S(=O)(=O)c2ccccc2)cc1. The molecule has 44 heavy (non-hydrogen) atoms. The van der Waals surface area contributed by atoms with Gasteiger partial charge >= 0.3 is 0 Å². The maximum atomic E-state index is 14.5. The average molecular weight is 614 g/mol. The predicted molar refractivity (Wildman–Crippen MR) is 173 cm³/mol. The smallest absolute Gasteiger partial charge is 0.264 e. The third kappa shape index (κ3) is 8.26. The molecule has 0 saturated heterocycles. The van der Waals surface area contributed by atoms with Crippen LogP contribution in [-0.2, 0) is 32.6 Å². The van der Waals surface area contributed by atoms with Gasteiger partial charge in [0.1, 0.15) is 18.3 Å². The number of nitrogens with zero attached hydrogens (tertiary/aromatic N) is 2. The van der Waals surface area contributed by atoms with Crippen LogP contribution < -0.4 is 14.4 Å². The lowest BCUT2D eigenvalue weighted by atomic mass is 10.0. The summed E-state index contributed by atoms with van der Waals surface area (Å²) in [5.41, 5.74) is 3.01. The van der Waals surface area contributed by atoms with Crippen LogP contribution >= 0.6 is 0 Å². The number of hydrogen-bond donors (Lipinski definition) is 1. The van der Waals surface area contributed by atoms with Crippen molar-refractivity contribution in [3.63, 3.8) is 0 Å². The molecule has 0 saturated carbocycles. The fraction of sp³-hybridized carbons (Fsp3) is 0.257. The van der Waals surface area contributed by atoms with Gasteiger partial charge in [-0.15, -0.1) is 0 Å². The highest BCUT2D eigenvalue weighted by Gasteiger charge is 2.34. The summed E-state index contributed by atoms with van der Waals surface area (Å²) in [7, 11) is -2.64. The monoisotopic (exact) mass is 613 g/mol. The first-order valence-corrected chi connectivity index (χ1v) is 15.9. The third-order valence-corrected chi connectivity index (χ3v) is 8.90. The number of anilines is 1. The summed E-state index contributed by atoms with van der Waals surface area (Å²) in [6.07, 6.45) is 0.255. The molecule has 0 aromatic heterocycles. The molecule has 4 aromatic carbocycles. The summed E-state index contributed by atoms with van der Waals surface area (Å²) in [5, 5.41) is 2.97. The number of carbonyl (C=O) groups is 2. The lowest BCUT2D eigenvalue weighted by Gasteiger charge is -2.34. The Morgan fingerprint density at radius 3 is 2.02 bits per heavy atom. The number of methoxy groups -OCH3 is 1. The highest BCUT2D eigenvalue weighted by atomic mass is 32.2. The first-order valence-electron chi connectivity index (χ1n) is 14.5. The van der Waals surface area contributed by atoms with Crippen LogP contribution in [0.3, 0.4) is 0 Å². The minimum absolute atomic E-state index is 0.0484.